The zero-order valence-corrected chi connectivity index (χ0v) is 14.7. The van der Waals surface area contributed by atoms with E-state index in [0.29, 0.717) is 0 Å². The number of benzene rings is 2. The Morgan fingerprint density at radius 1 is 1.16 bits per heavy atom. The third-order valence-electron chi connectivity index (χ3n) is 4.00. The van der Waals surface area contributed by atoms with Gasteiger partial charge in [-0.1, -0.05) is 23.4 Å². The molecule has 124 valence electrons. The molecule has 0 atom stereocenters. The van der Waals surface area contributed by atoms with Crippen LogP contribution in [0.3, 0.4) is 0 Å². The number of thiazole rings is 1. The lowest BCUT2D eigenvalue weighted by molar-refractivity contribution is 0.213. The lowest BCUT2D eigenvalue weighted by Gasteiger charge is -2.07. The molecule has 25 heavy (non-hydrogen) atoms. The minimum absolute atomic E-state index is 0.824. The van der Waals surface area contributed by atoms with Gasteiger partial charge in [0.1, 0.15) is 18.4 Å². The highest BCUT2D eigenvalue weighted by atomic mass is 32.1. The second kappa shape index (κ2) is 6.49. The summed E-state index contributed by atoms with van der Waals surface area (Å²) in [6.07, 6.45) is 3.67. The fraction of sp³-hybridized carbons (Fsp3) is 0.105. The van der Waals surface area contributed by atoms with Crippen molar-refractivity contribution in [3.63, 3.8) is 0 Å². The normalized spacial score (nSPS) is 11.8. The van der Waals surface area contributed by atoms with Crippen molar-refractivity contribution in [1.29, 1.82) is 0 Å². The van der Waals surface area contributed by atoms with Crippen molar-refractivity contribution in [2.45, 2.75) is 6.92 Å². The Labute approximate surface area is 149 Å². The summed E-state index contributed by atoms with van der Waals surface area (Å²) in [6.45, 7) is 1.92. The van der Waals surface area contributed by atoms with Gasteiger partial charge < -0.3 is 4.84 Å². The summed E-state index contributed by atoms with van der Waals surface area (Å²) in [7, 11) is 1.55. The van der Waals surface area contributed by atoms with Gasteiger partial charge in [0.25, 0.3) is 0 Å². The van der Waals surface area contributed by atoms with Gasteiger partial charge in [-0.2, -0.15) is 0 Å². The molecule has 2 aromatic carbocycles. The molecule has 0 aliphatic carbocycles. The Morgan fingerprint density at radius 3 is 2.88 bits per heavy atom. The second-order valence-corrected chi connectivity index (χ2v) is 6.46. The number of hydrogen-bond acceptors (Lipinski definition) is 5. The first-order valence-electron chi connectivity index (χ1n) is 7.82. The average molecular weight is 348 g/mol. The minimum atomic E-state index is 0.824. The van der Waals surface area contributed by atoms with Crippen LogP contribution in [0.15, 0.2) is 65.5 Å². The highest BCUT2D eigenvalue weighted by Gasteiger charge is 2.09. The lowest BCUT2D eigenvalue weighted by Crippen LogP contribution is -1.96. The van der Waals surface area contributed by atoms with E-state index in [2.05, 4.69) is 44.0 Å². The lowest BCUT2D eigenvalue weighted by atomic mass is 10.1. The molecule has 2 aromatic heterocycles. The molecule has 2 heterocycles. The van der Waals surface area contributed by atoms with Crippen LogP contribution in [0.4, 0.5) is 0 Å². The number of aromatic nitrogens is 3. The van der Waals surface area contributed by atoms with E-state index in [0.717, 1.165) is 38.6 Å². The van der Waals surface area contributed by atoms with Gasteiger partial charge >= 0.3 is 0 Å². The van der Waals surface area contributed by atoms with Gasteiger partial charge in [0, 0.05) is 28.4 Å². The maximum Gasteiger partial charge on any atom is 0.123 e. The molecule has 0 fully saturated rings. The number of nitrogens with zero attached hydrogens (tertiary/aromatic N) is 4. The zero-order chi connectivity index (χ0) is 17.2. The van der Waals surface area contributed by atoms with Gasteiger partial charge in [0.05, 0.1) is 16.7 Å². The molecule has 0 spiro atoms. The van der Waals surface area contributed by atoms with Gasteiger partial charge in [-0.15, -0.1) is 11.3 Å². The van der Waals surface area contributed by atoms with Crippen molar-refractivity contribution in [3.05, 3.63) is 65.9 Å². The first-order chi connectivity index (χ1) is 12.3. The zero-order valence-electron chi connectivity index (χ0n) is 13.9. The Balaban J connectivity index is 1.78. The van der Waals surface area contributed by atoms with Crippen LogP contribution in [0.5, 0.6) is 0 Å². The maximum absolute atomic E-state index is 4.85. The van der Waals surface area contributed by atoms with E-state index in [4.69, 9.17) is 4.84 Å². The summed E-state index contributed by atoms with van der Waals surface area (Å²) in [5.74, 6) is 0. The topological polar surface area (TPSA) is 52.3 Å². The van der Waals surface area contributed by atoms with Crippen LogP contribution in [-0.2, 0) is 4.84 Å². The van der Waals surface area contributed by atoms with E-state index >= 15 is 0 Å². The van der Waals surface area contributed by atoms with Crippen LogP contribution < -0.4 is 0 Å². The number of hydrogen-bond donors (Lipinski definition) is 0. The van der Waals surface area contributed by atoms with Crippen LogP contribution in [-0.4, -0.2) is 27.4 Å². The van der Waals surface area contributed by atoms with E-state index in [-0.39, 0.29) is 0 Å². The Kier molecular flexibility index (Phi) is 4.03. The van der Waals surface area contributed by atoms with Crippen LogP contribution >= 0.6 is 11.3 Å². The summed E-state index contributed by atoms with van der Waals surface area (Å²) in [5, 5.41) is 6.98. The van der Waals surface area contributed by atoms with Crippen molar-refractivity contribution in [2.24, 2.45) is 5.16 Å². The fourth-order valence-electron chi connectivity index (χ4n) is 2.79. The predicted octanol–water partition coefficient (Wildman–Crippen LogP) is 4.52. The second-order valence-electron chi connectivity index (χ2n) is 5.56. The SMILES string of the molecule is CON=C(C)c1ccc2c(c1)ncn2-c1cccc(-c2nccs2)c1. The maximum atomic E-state index is 4.85. The molecule has 0 bridgehead atoms. The highest BCUT2D eigenvalue weighted by Crippen LogP contribution is 2.26. The highest BCUT2D eigenvalue weighted by molar-refractivity contribution is 7.13. The van der Waals surface area contributed by atoms with Crippen molar-refractivity contribution in [2.75, 3.05) is 7.11 Å². The third-order valence-corrected chi connectivity index (χ3v) is 4.82. The van der Waals surface area contributed by atoms with Crippen LogP contribution in [0.2, 0.25) is 0 Å². The molecule has 0 saturated heterocycles. The first kappa shape index (κ1) is 15.5. The molecule has 0 unspecified atom stereocenters. The summed E-state index contributed by atoms with van der Waals surface area (Å²) in [4.78, 5) is 13.8. The Bertz CT molecular complexity index is 1050. The van der Waals surface area contributed by atoms with Crippen LogP contribution in [0.1, 0.15) is 12.5 Å². The number of imidazole rings is 1. The molecule has 6 heteroatoms. The number of fused-ring (bicyclic) bond motifs is 1. The predicted molar refractivity (Wildman–Crippen MR) is 101 cm³/mol. The molecular weight excluding hydrogens is 332 g/mol. The van der Waals surface area contributed by atoms with Gasteiger partial charge in [0.15, 0.2) is 0 Å². The summed E-state index contributed by atoms with van der Waals surface area (Å²) in [6, 6.07) is 14.4. The first-order valence-corrected chi connectivity index (χ1v) is 8.70. The minimum Gasteiger partial charge on any atom is -0.399 e. The molecule has 5 nitrogen and oxygen atoms in total. The monoisotopic (exact) mass is 348 g/mol. The third kappa shape index (κ3) is 2.92. The Morgan fingerprint density at radius 2 is 2.08 bits per heavy atom. The van der Waals surface area contributed by atoms with Crippen LogP contribution in [0, 0.1) is 0 Å². The standard InChI is InChI=1S/C19H16N4OS/c1-13(22-24-2)14-6-7-18-17(11-14)21-12-23(18)16-5-3-4-15(10-16)19-20-8-9-25-19/h3-12H,1-2H3. The van der Waals surface area contributed by atoms with Gasteiger partial charge in [-0.05, 0) is 31.2 Å². The largest absolute Gasteiger partial charge is 0.399 e. The smallest absolute Gasteiger partial charge is 0.123 e. The summed E-state index contributed by atoms with van der Waals surface area (Å²) >= 11 is 1.63. The molecule has 0 saturated carbocycles. The van der Waals surface area contributed by atoms with Crippen molar-refractivity contribution >= 4 is 28.1 Å². The van der Waals surface area contributed by atoms with E-state index in [1.807, 2.05) is 43.0 Å². The summed E-state index contributed by atoms with van der Waals surface area (Å²) < 4.78 is 2.08. The van der Waals surface area contributed by atoms with Crippen molar-refractivity contribution in [3.8, 4) is 16.3 Å². The molecule has 0 aliphatic rings. The van der Waals surface area contributed by atoms with E-state index < -0.39 is 0 Å². The molecule has 0 N–H and O–H groups in total. The number of rotatable bonds is 4. The Hall–Kier alpha value is -2.99. The summed E-state index contributed by atoms with van der Waals surface area (Å²) in [5.41, 5.74) is 5.95. The molecule has 0 amide bonds. The van der Waals surface area contributed by atoms with Gasteiger partial charge in [-0.25, -0.2) is 9.97 Å². The van der Waals surface area contributed by atoms with Crippen LogP contribution in [0.25, 0.3) is 27.3 Å². The fourth-order valence-corrected chi connectivity index (χ4v) is 3.42. The molecule has 4 aromatic rings. The molecule has 4 rings (SSSR count). The van der Waals surface area contributed by atoms with E-state index in [1.165, 1.54) is 0 Å². The van der Waals surface area contributed by atoms with Gasteiger partial charge in [0.2, 0.25) is 0 Å². The van der Waals surface area contributed by atoms with E-state index in [1.54, 1.807) is 18.4 Å². The van der Waals surface area contributed by atoms with Crippen molar-refractivity contribution in [1.82, 2.24) is 14.5 Å². The van der Waals surface area contributed by atoms with Gasteiger partial charge in [-0.3, -0.25) is 4.57 Å². The molecule has 0 aliphatic heterocycles. The quantitative estimate of drug-likeness (QED) is 0.402. The van der Waals surface area contributed by atoms with E-state index in [9.17, 15) is 0 Å². The molecule has 0 radical (unpaired) electrons. The molecular formula is C19H16N4OS. The average Bonchev–Trinajstić information content (AvgIpc) is 3.31. The number of oxime groups is 1. The van der Waals surface area contributed by atoms with Crippen molar-refractivity contribution < 1.29 is 4.84 Å².